The van der Waals surface area contributed by atoms with Crippen LogP contribution >= 0.6 is 11.6 Å². The molecule has 644 valence electrons. The fourth-order valence-corrected chi connectivity index (χ4v) is 12.3. The lowest BCUT2D eigenvalue weighted by atomic mass is 9.77. The molecule has 0 spiro atoms. The zero-order valence-electron chi connectivity index (χ0n) is 69.4. The Hall–Kier alpha value is -12.2. The summed E-state index contributed by atoms with van der Waals surface area (Å²) in [6, 6.07) is 51.6. The number of carbonyl (C=O) groups is 7. The van der Waals surface area contributed by atoms with Gasteiger partial charge in [0.2, 0.25) is 6.79 Å². The van der Waals surface area contributed by atoms with E-state index in [-0.39, 0.29) is 47.2 Å². The lowest BCUT2D eigenvalue weighted by Crippen LogP contribution is -2.13. The van der Waals surface area contributed by atoms with E-state index in [2.05, 4.69) is 45.4 Å². The average Bonchev–Trinajstić information content (AvgIpc) is 0.845. The molecular formula is C97H111ClO23. The summed E-state index contributed by atoms with van der Waals surface area (Å²) < 4.78 is 76.1. The fraction of sp³-hybridized carbons (Fsp3) is 0.351. The Morgan fingerprint density at radius 3 is 1.17 bits per heavy atom. The second-order valence-corrected chi connectivity index (χ2v) is 28.2. The second kappa shape index (κ2) is 56.3. The number of hydrogen-bond donors (Lipinski definition) is 0. The Kier molecular flexibility index (Phi) is 44.7. The molecule has 8 aromatic rings. The van der Waals surface area contributed by atoms with Gasteiger partial charge in [0.25, 0.3) is 0 Å². The van der Waals surface area contributed by atoms with Crippen LogP contribution in [-0.2, 0) is 38.4 Å². The van der Waals surface area contributed by atoms with Crippen molar-refractivity contribution in [2.45, 2.75) is 142 Å². The van der Waals surface area contributed by atoms with Gasteiger partial charge in [0, 0.05) is 24.6 Å². The highest BCUT2D eigenvalue weighted by molar-refractivity contribution is 6.32. The van der Waals surface area contributed by atoms with E-state index in [1.807, 2.05) is 43.3 Å². The molecule has 1 fully saturated rings. The Morgan fingerprint density at radius 2 is 0.727 bits per heavy atom. The summed E-state index contributed by atoms with van der Waals surface area (Å²) in [7, 11) is 1.54. The second-order valence-electron chi connectivity index (χ2n) is 27.8. The lowest BCUT2D eigenvalue weighted by Gasteiger charge is -2.28. The number of halogens is 1. The van der Waals surface area contributed by atoms with Gasteiger partial charge in [-0.2, -0.15) is 0 Å². The minimum Gasteiger partial charge on any atom is -0.497 e. The first kappa shape index (κ1) is 96.0. The largest absolute Gasteiger partial charge is 0.497 e. The van der Waals surface area contributed by atoms with E-state index in [4.69, 9.17) is 87.7 Å². The predicted octanol–water partition coefficient (Wildman–Crippen LogP) is 21.3. The van der Waals surface area contributed by atoms with Gasteiger partial charge in [-0.25, -0.2) is 43.3 Å². The van der Waals surface area contributed by atoms with Gasteiger partial charge in [0.05, 0.1) is 87.2 Å². The van der Waals surface area contributed by atoms with Crippen LogP contribution in [-0.4, -0.2) is 115 Å². The highest BCUT2D eigenvalue weighted by Gasteiger charge is 2.23. The van der Waals surface area contributed by atoms with Crippen molar-refractivity contribution in [1.29, 1.82) is 0 Å². The summed E-state index contributed by atoms with van der Waals surface area (Å²) >= 11 is 6.23. The molecule has 121 heavy (non-hydrogen) atoms. The monoisotopic (exact) mass is 1680 g/mol. The van der Waals surface area contributed by atoms with Gasteiger partial charge >= 0.3 is 41.8 Å². The number of rotatable bonds is 51. The van der Waals surface area contributed by atoms with Crippen LogP contribution in [0.25, 0.3) is 0 Å². The van der Waals surface area contributed by atoms with Crippen LogP contribution in [0.2, 0.25) is 5.02 Å². The molecule has 0 aliphatic heterocycles. The van der Waals surface area contributed by atoms with Crippen molar-refractivity contribution >= 4 is 53.4 Å². The number of methoxy groups -OCH3 is 1. The molecule has 1 aliphatic carbocycles. The van der Waals surface area contributed by atoms with E-state index < -0.39 is 29.8 Å². The van der Waals surface area contributed by atoms with Crippen LogP contribution in [0.4, 0.5) is 0 Å². The van der Waals surface area contributed by atoms with Crippen LogP contribution in [0.5, 0.6) is 63.2 Å². The lowest BCUT2D eigenvalue weighted by molar-refractivity contribution is -0.286. The minimum absolute atomic E-state index is 0.0180. The van der Waals surface area contributed by atoms with Crippen molar-refractivity contribution in [3.8, 4) is 63.2 Å². The number of benzene rings is 8. The molecule has 0 aromatic heterocycles. The molecule has 0 atom stereocenters. The summed E-state index contributed by atoms with van der Waals surface area (Å²) in [6.45, 7) is 21.9. The summed E-state index contributed by atoms with van der Waals surface area (Å²) in [6.07, 6.45) is 24.7. The maximum atomic E-state index is 12.7. The number of ether oxygens (including phenoxy) is 14. The first-order chi connectivity index (χ1) is 59.0. The Bertz CT molecular complexity index is 4460. The molecule has 0 bridgehead atoms. The first-order valence-electron chi connectivity index (χ1n) is 40.9. The van der Waals surface area contributed by atoms with Crippen LogP contribution in [0.15, 0.2) is 233 Å². The highest BCUT2D eigenvalue weighted by Crippen LogP contribution is 2.38. The van der Waals surface area contributed by atoms with E-state index in [9.17, 15) is 33.6 Å². The molecule has 0 radical (unpaired) electrons. The third-order valence-electron chi connectivity index (χ3n) is 18.7. The maximum absolute atomic E-state index is 12.7. The standard InChI is InChI=1S/C39H48O10.C31H40O5.C27H23ClO8/c1-4-24-47-48-28-13-9-8-11-26-43-34-18-20-35(21-19-34)45-30-46-37-23-22-36(29-31(37)3)49-39(41)32-14-16-33(17-15-32)42-25-10-6-7-12-27-44-38(40)5-2;1-3-9-24-10-12-25(13-11-24)26-14-20-29(21-15-26)36-31(33)27-16-18-28(19-17-27)34-22-7-5-6-8-23-35-30(32)4-2;1-3-25(29)34-16-4-15-33-21-8-5-18(6-9-21)26(30)36-24-14-7-19(17-23(24)28)27(31)35-22-12-10-20(32-2)11-13-22/h4-5,14-23,29H,1-2,6-13,24-28,30H2,3H3;4,14-21,24-25H,2-3,5-13,22-23H2,1H3;3,5-14,17H,1,4,15-16H2,2H3. The van der Waals surface area contributed by atoms with Crippen molar-refractivity contribution in [3.63, 3.8) is 0 Å². The van der Waals surface area contributed by atoms with Crippen LogP contribution in [0.1, 0.15) is 187 Å². The molecule has 1 aliphatic rings. The van der Waals surface area contributed by atoms with Crippen molar-refractivity contribution in [1.82, 2.24) is 0 Å². The van der Waals surface area contributed by atoms with Gasteiger partial charge in [-0.1, -0.05) is 75.7 Å². The van der Waals surface area contributed by atoms with E-state index in [0.29, 0.717) is 122 Å². The summed E-state index contributed by atoms with van der Waals surface area (Å²) in [5.41, 5.74) is 3.53. The number of aryl methyl sites for hydroxylation is 1. The Morgan fingerprint density at radius 1 is 0.364 bits per heavy atom. The minimum atomic E-state index is -0.631. The molecule has 0 unspecified atom stereocenters. The first-order valence-corrected chi connectivity index (χ1v) is 41.3. The van der Waals surface area contributed by atoms with Crippen molar-refractivity contribution < 1.29 is 110 Å². The Labute approximate surface area is 714 Å². The average molecular weight is 1680 g/mol. The molecule has 1 saturated carbocycles. The molecular weight excluding hydrogens is 1570 g/mol. The van der Waals surface area contributed by atoms with E-state index >= 15 is 0 Å². The van der Waals surface area contributed by atoms with E-state index in [1.54, 1.807) is 121 Å². The molecule has 0 amide bonds. The van der Waals surface area contributed by atoms with E-state index in [0.717, 1.165) is 112 Å². The third-order valence-corrected chi connectivity index (χ3v) is 19.0. The summed E-state index contributed by atoms with van der Waals surface area (Å²) in [5, 5.41) is 0.0737. The van der Waals surface area contributed by atoms with Gasteiger partial charge < -0.3 is 66.3 Å². The third kappa shape index (κ3) is 37.8. The molecule has 0 heterocycles. The van der Waals surface area contributed by atoms with Crippen LogP contribution in [0, 0.1) is 12.8 Å². The number of unbranched alkanes of at least 4 members (excludes halogenated alkanes) is 9. The van der Waals surface area contributed by atoms with Crippen molar-refractivity contribution in [2.24, 2.45) is 5.92 Å². The summed E-state index contributed by atoms with van der Waals surface area (Å²) in [4.78, 5) is 93.0. The fourth-order valence-electron chi connectivity index (χ4n) is 12.1. The van der Waals surface area contributed by atoms with Gasteiger partial charge in [0.15, 0.2) is 0 Å². The molecule has 0 N–H and O–H groups in total. The highest BCUT2D eigenvalue weighted by atomic mass is 35.5. The topological polar surface area (TPSA) is 267 Å². The van der Waals surface area contributed by atoms with Crippen molar-refractivity contribution in [3.05, 3.63) is 271 Å². The quantitative estimate of drug-likeness (QED) is 0.00394. The molecule has 9 rings (SSSR count). The smallest absolute Gasteiger partial charge is 0.343 e. The van der Waals surface area contributed by atoms with Gasteiger partial charge in [-0.15, -0.1) is 6.58 Å². The normalized spacial score (nSPS) is 12.4. The number of hydrogen-bond acceptors (Lipinski definition) is 23. The molecule has 24 heteroatoms. The SMILES string of the molecule is C=CC(=O)OCCCCCCOc1ccc(C(=O)Oc2ccc(C3CCC(CCC)CC3)cc2)cc1.C=CC(=O)OCCCOc1ccc(C(=O)Oc2ccc(C(=O)Oc3ccc(OC)cc3)cc2Cl)cc1.C=CCOOCCCCCCOc1ccc(OCOc2ccc(OC(=O)c3ccc(OCCCCCCOC(=O)C=C)cc3)cc2C)cc1. The van der Waals surface area contributed by atoms with Gasteiger partial charge in [0.1, 0.15) is 69.9 Å². The molecule has 0 saturated heterocycles. The van der Waals surface area contributed by atoms with Crippen LogP contribution < -0.4 is 52.1 Å². The number of esters is 7. The van der Waals surface area contributed by atoms with Gasteiger partial charge in [-0.3, -0.25) is 0 Å². The van der Waals surface area contributed by atoms with Crippen molar-refractivity contribution in [2.75, 3.05) is 73.4 Å². The van der Waals surface area contributed by atoms with E-state index in [1.165, 1.54) is 75.5 Å². The van der Waals surface area contributed by atoms with Crippen LogP contribution in [0.3, 0.4) is 0 Å². The Balaban J connectivity index is 0.000000254. The molecule has 8 aromatic carbocycles. The summed E-state index contributed by atoms with van der Waals surface area (Å²) in [5.74, 6) is 4.24. The maximum Gasteiger partial charge on any atom is 0.343 e. The number of carbonyl (C=O) groups excluding carboxylic acids is 7. The van der Waals surface area contributed by atoms with Gasteiger partial charge in [-0.05, 0) is 296 Å². The zero-order chi connectivity index (χ0) is 86.4. The molecule has 23 nitrogen and oxygen atoms in total. The predicted molar refractivity (Wildman–Crippen MR) is 461 cm³/mol. The zero-order valence-corrected chi connectivity index (χ0v) is 70.1.